The Kier molecular flexibility index (Phi) is 5.56. The molecule has 26 heavy (non-hydrogen) atoms. The van der Waals surface area contributed by atoms with Crippen molar-refractivity contribution in [1.82, 2.24) is 15.5 Å². The van der Waals surface area contributed by atoms with E-state index < -0.39 is 11.6 Å². The fourth-order valence-corrected chi connectivity index (χ4v) is 3.61. The maximum absolute atomic E-state index is 13.1. The molecule has 2 unspecified atom stereocenters. The van der Waals surface area contributed by atoms with Gasteiger partial charge in [0.1, 0.15) is 12.1 Å². The Morgan fingerprint density at radius 2 is 2.12 bits per heavy atom. The van der Waals surface area contributed by atoms with E-state index in [1.54, 1.807) is 0 Å². The number of urea groups is 1. The number of carbonyl (C=O) groups is 3. The minimum atomic E-state index is -1.10. The number of benzene rings is 1. The summed E-state index contributed by atoms with van der Waals surface area (Å²) in [4.78, 5) is 38.7. The number of hydrogen-bond donors (Lipinski definition) is 2. The van der Waals surface area contributed by atoms with Gasteiger partial charge >= 0.3 is 6.03 Å². The highest BCUT2D eigenvalue weighted by Crippen LogP contribution is 2.33. The number of carbonyl (C=O) groups excluding carboxylic acids is 3. The molecule has 0 aliphatic carbocycles. The lowest BCUT2D eigenvalue weighted by Crippen LogP contribution is -2.45. The molecule has 1 aromatic rings. The fourth-order valence-electron chi connectivity index (χ4n) is 3.61. The number of hydrogen-bond acceptors (Lipinski definition) is 4. The maximum atomic E-state index is 13.1. The van der Waals surface area contributed by atoms with Gasteiger partial charge in [-0.3, -0.25) is 14.5 Å². The maximum Gasteiger partial charge on any atom is 0.325 e. The minimum Gasteiger partial charge on any atom is -0.376 e. The molecule has 0 aromatic heterocycles. The summed E-state index contributed by atoms with van der Waals surface area (Å²) in [5, 5.41) is 5.57. The van der Waals surface area contributed by atoms with Crippen molar-refractivity contribution in [3.05, 3.63) is 35.9 Å². The van der Waals surface area contributed by atoms with Crippen molar-refractivity contribution >= 4 is 17.8 Å². The average Bonchev–Trinajstić information content (AvgIpc) is 3.24. The second kappa shape index (κ2) is 7.86. The normalized spacial score (nSPS) is 25.4. The number of amides is 4. The van der Waals surface area contributed by atoms with Gasteiger partial charge in [0.05, 0.1) is 6.10 Å². The molecule has 7 nitrogen and oxygen atoms in total. The number of nitrogens with zero attached hydrogens (tertiary/aromatic N) is 1. The zero-order chi connectivity index (χ0) is 18.6. The lowest BCUT2D eigenvalue weighted by atomic mass is 9.85. The van der Waals surface area contributed by atoms with Crippen molar-refractivity contribution in [2.45, 2.75) is 44.2 Å². The SMILES string of the molecule is CCCC1(c2ccccc2)NC(=O)N(CC(=O)NCC2CCCO2)C1=O. The van der Waals surface area contributed by atoms with Gasteiger partial charge in [-0.2, -0.15) is 0 Å². The molecule has 2 saturated heterocycles. The van der Waals surface area contributed by atoms with Gasteiger partial charge in [0.2, 0.25) is 5.91 Å². The molecule has 0 spiro atoms. The summed E-state index contributed by atoms with van der Waals surface area (Å²) in [6.45, 7) is 2.79. The van der Waals surface area contributed by atoms with Crippen LogP contribution in [0.3, 0.4) is 0 Å². The molecule has 2 N–H and O–H groups in total. The summed E-state index contributed by atoms with van der Waals surface area (Å²) in [5.74, 6) is -0.729. The Hall–Kier alpha value is -2.41. The van der Waals surface area contributed by atoms with Gasteiger partial charge < -0.3 is 15.4 Å². The fraction of sp³-hybridized carbons (Fsp3) is 0.526. The van der Waals surface area contributed by atoms with Crippen LogP contribution in [0, 0.1) is 0 Å². The van der Waals surface area contributed by atoms with Crippen molar-refractivity contribution in [3.63, 3.8) is 0 Å². The highest BCUT2D eigenvalue weighted by atomic mass is 16.5. The molecule has 4 amide bonds. The predicted octanol–water partition coefficient (Wildman–Crippen LogP) is 1.53. The molecule has 0 radical (unpaired) electrons. The molecule has 2 atom stereocenters. The second-order valence-corrected chi connectivity index (χ2v) is 6.78. The van der Waals surface area contributed by atoms with Crippen LogP contribution in [0.4, 0.5) is 4.79 Å². The molecule has 2 heterocycles. The first-order valence-corrected chi connectivity index (χ1v) is 9.15. The molecule has 7 heteroatoms. The third-order valence-corrected chi connectivity index (χ3v) is 4.92. The van der Waals surface area contributed by atoms with E-state index in [0.29, 0.717) is 19.6 Å². The van der Waals surface area contributed by atoms with Crippen LogP contribution in [0.5, 0.6) is 0 Å². The summed E-state index contributed by atoms with van der Waals surface area (Å²) in [7, 11) is 0. The highest BCUT2D eigenvalue weighted by molar-refractivity contribution is 6.09. The molecular formula is C19H25N3O4. The van der Waals surface area contributed by atoms with Gasteiger partial charge in [-0.25, -0.2) is 4.79 Å². The zero-order valence-corrected chi connectivity index (χ0v) is 15.0. The molecular weight excluding hydrogens is 334 g/mol. The van der Waals surface area contributed by atoms with Crippen molar-refractivity contribution in [3.8, 4) is 0 Å². The Morgan fingerprint density at radius 3 is 2.77 bits per heavy atom. The Morgan fingerprint density at radius 1 is 1.35 bits per heavy atom. The molecule has 2 aliphatic rings. The predicted molar refractivity (Wildman–Crippen MR) is 95.3 cm³/mol. The van der Waals surface area contributed by atoms with Gasteiger partial charge in [0, 0.05) is 13.2 Å². The topological polar surface area (TPSA) is 87.7 Å². The minimum absolute atomic E-state index is 0.0190. The van der Waals surface area contributed by atoms with E-state index in [-0.39, 0.29) is 24.5 Å². The second-order valence-electron chi connectivity index (χ2n) is 6.78. The van der Waals surface area contributed by atoms with Crippen molar-refractivity contribution < 1.29 is 19.1 Å². The van der Waals surface area contributed by atoms with Gasteiger partial charge in [-0.1, -0.05) is 43.7 Å². The standard InChI is InChI=1S/C19H25N3O4/c1-2-10-19(14-7-4-3-5-8-14)17(24)22(18(25)21-19)13-16(23)20-12-15-9-6-11-26-15/h3-5,7-8,15H,2,6,9-13H2,1H3,(H,20,23)(H,21,25). The summed E-state index contributed by atoms with van der Waals surface area (Å²) in [6.07, 6.45) is 3.13. The number of nitrogens with one attached hydrogen (secondary N) is 2. The van der Waals surface area contributed by atoms with Crippen LogP contribution in [0.15, 0.2) is 30.3 Å². The van der Waals surface area contributed by atoms with Crippen LogP contribution in [0.25, 0.3) is 0 Å². The first-order valence-electron chi connectivity index (χ1n) is 9.15. The van der Waals surface area contributed by atoms with E-state index in [0.717, 1.165) is 29.7 Å². The third-order valence-electron chi connectivity index (χ3n) is 4.92. The van der Waals surface area contributed by atoms with Crippen LogP contribution in [-0.4, -0.2) is 48.5 Å². The Balaban J connectivity index is 1.69. The molecule has 2 aliphatic heterocycles. The number of ether oxygens (including phenoxy) is 1. The number of rotatable bonds is 7. The lowest BCUT2D eigenvalue weighted by Gasteiger charge is -2.26. The van der Waals surface area contributed by atoms with E-state index >= 15 is 0 Å². The first-order chi connectivity index (χ1) is 12.6. The van der Waals surface area contributed by atoms with Crippen molar-refractivity contribution in [1.29, 1.82) is 0 Å². The molecule has 140 valence electrons. The summed E-state index contributed by atoms with van der Waals surface area (Å²) in [5.41, 5.74) is -0.357. The average molecular weight is 359 g/mol. The molecule has 1 aromatic carbocycles. The summed E-state index contributed by atoms with van der Waals surface area (Å²) in [6, 6.07) is 8.66. The smallest absolute Gasteiger partial charge is 0.325 e. The van der Waals surface area contributed by atoms with E-state index in [1.807, 2.05) is 37.3 Å². The molecule has 2 fully saturated rings. The molecule has 3 rings (SSSR count). The molecule has 0 saturated carbocycles. The van der Waals surface area contributed by atoms with E-state index in [1.165, 1.54) is 0 Å². The van der Waals surface area contributed by atoms with Gasteiger partial charge in [0.25, 0.3) is 5.91 Å². The van der Waals surface area contributed by atoms with Crippen LogP contribution < -0.4 is 10.6 Å². The number of imide groups is 1. The Labute approximate surface area is 153 Å². The molecule has 0 bridgehead atoms. The van der Waals surface area contributed by atoms with Crippen LogP contribution in [-0.2, 0) is 19.9 Å². The largest absolute Gasteiger partial charge is 0.376 e. The zero-order valence-electron chi connectivity index (χ0n) is 15.0. The van der Waals surface area contributed by atoms with E-state index in [4.69, 9.17) is 4.74 Å². The van der Waals surface area contributed by atoms with Gasteiger partial charge in [-0.05, 0) is 24.8 Å². The van der Waals surface area contributed by atoms with Crippen molar-refractivity contribution in [2.75, 3.05) is 19.7 Å². The lowest BCUT2D eigenvalue weighted by molar-refractivity contribution is -0.135. The van der Waals surface area contributed by atoms with Crippen LogP contribution in [0.1, 0.15) is 38.2 Å². The van der Waals surface area contributed by atoms with Crippen LogP contribution in [0.2, 0.25) is 0 Å². The van der Waals surface area contributed by atoms with Gasteiger partial charge in [0.15, 0.2) is 0 Å². The summed E-state index contributed by atoms with van der Waals surface area (Å²) >= 11 is 0. The quantitative estimate of drug-likeness (QED) is 0.723. The van der Waals surface area contributed by atoms with Crippen molar-refractivity contribution in [2.24, 2.45) is 0 Å². The summed E-state index contributed by atoms with van der Waals surface area (Å²) < 4.78 is 5.46. The van der Waals surface area contributed by atoms with E-state index in [9.17, 15) is 14.4 Å². The third kappa shape index (κ3) is 3.58. The van der Waals surface area contributed by atoms with E-state index in [2.05, 4.69) is 10.6 Å². The Bertz CT molecular complexity index is 673. The van der Waals surface area contributed by atoms with Gasteiger partial charge in [-0.15, -0.1) is 0 Å². The highest BCUT2D eigenvalue weighted by Gasteiger charge is 2.52. The van der Waals surface area contributed by atoms with Crippen LogP contribution >= 0.6 is 0 Å². The monoisotopic (exact) mass is 359 g/mol. The first kappa shape index (κ1) is 18.4.